The van der Waals surface area contributed by atoms with Gasteiger partial charge in [-0.25, -0.2) is 9.78 Å². The average molecular weight is 305 g/mol. The summed E-state index contributed by atoms with van der Waals surface area (Å²) in [6, 6.07) is 7.12. The zero-order chi connectivity index (χ0) is 15.1. The highest BCUT2D eigenvalue weighted by Crippen LogP contribution is 2.19. The molecule has 2 rings (SSSR count). The van der Waals surface area contributed by atoms with Gasteiger partial charge in [0, 0.05) is 23.7 Å². The number of nitrogens with one attached hydrogen (secondary N) is 2. The van der Waals surface area contributed by atoms with Gasteiger partial charge in [0.05, 0.1) is 10.7 Å². The molecule has 5 nitrogen and oxygen atoms in total. The van der Waals surface area contributed by atoms with Crippen LogP contribution in [0.1, 0.15) is 24.0 Å². The van der Waals surface area contributed by atoms with Crippen LogP contribution >= 0.6 is 11.3 Å². The van der Waals surface area contributed by atoms with Crippen molar-refractivity contribution in [1.82, 2.24) is 10.3 Å². The quantitative estimate of drug-likeness (QED) is 0.857. The van der Waals surface area contributed by atoms with E-state index in [2.05, 4.69) is 15.6 Å². The van der Waals surface area contributed by atoms with Crippen molar-refractivity contribution in [2.45, 2.75) is 26.9 Å². The van der Waals surface area contributed by atoms with Crippen LogP contribution in [-0.2, 0) is 6.61 Å². The summed E-state index contributed by atoms with van der Waals surface area (Å²) in [4.78, 5) is 15.9. The van der Waals surface area contributed by atoms with Crippen molar-refractivity contribution in [3.05, 3.63) is 40.3 Å². The van der Waals surface area contributed by atoms with Crippen LogP contribution in [0.4, 0.5) is 10.5 Å². The Hall–Kier alpha value is -2.08. The zero-order valence-corrected chi connectivity index (χ0v) is 13.0. The van der Waals surface area contributed by atoms with Gasteiger partial charge in [-0.1, -0.05) is 13.0 Å². The van der Waals surface area contributed by atoms with E-state index in [9.17, 15) is 4.79 Å². The third-order valence-electron chi connectivity index (χ3n) is 2.68. The number of thiazole rings is 1. The van der Waals surface area contributed by atoms with Gasteiger partial charge in [-0.15, -0.1) is 11.3 Å². The summed E-state index contributed by atoms with van der Waals surface area (Å²) >= 11 is 1.60. The summed E-state index contributed by atoms with van der Waals surface area (Å²) in [6.07, 6.45) is 0.906. The van der Waals surface area contributed by atoms with Crippen molar-refractivity contribution in [1.29, 1.82) is 0 Å². The molecule has 0 aliphatic heterocycles. The molecule has 0 saturated carbocycles. The number of anilines is 1. The molecule has 2 amide bonds. The molecule has 0 radical (unpaired) electrons. The van der Waals surface area contributed by atoms with Crippen LogP contribution in [0.15, 0.2) is 29.6 Å². The van der Waals surface area contributed by atoms with E-state index in [1.54, 1.807) is 17.4 Å². The van der Waals surface area contributed by atoms with Crippen LogP contribution in [0, 0.1) is 6.92 Å². The first-order chi connectivity index (χ1) is 10.2. The van der Waals surface area contributed by atoms with Crippen molar-refractivity contribution in [2.24, 2.45) is 0 Å². The van der Waals surface area contributed by atoms with Crippen molar-refractivity contribution in [3.63, 3.8) is 0 Å². The van der Waals surface area contributed by atoms with Gasteiger partial charge in [0.25, 0.3) is 0 Å². The Balaban J connectivity index is 1.89. The number of hydrogen-bond donors (Lipinski definition) is 2. The zero-order valence-electron chi connectivity index (χ0n) is 12.2. The molecule has 1 aromatic carbocycles. The predicted octanol–water partition coefficient (Wildman–Crippen LogP) is 3.56. The second-order valence-electron chi connectivity index (χ2n) is 4.56. The number of rotatable bonds is 6. The van der Waals surface area contributed by atoms with E-state index < -0.39 is 0 Å². The Kier molecular flexibility index (Phi) is 5.57. The van der Waals surface area contributed by atoms with Gasteiger partial charge < -0.3 is 15.4 Å². The Labute approximate surface area is 128 Å². The molecule has 0 spiro atoms. The molecule has 0 saturated heterocycles. The summed E-state index contributed by atoms with van der Waals surface area (Å²) < 4.78 is 5.68. The monoisotopic (exact) mass is 305 g/mol. The largest absolute Gasteiger partial charge is 0.487 e. The molecular formula is C15H19N3O2S. The Morgan fingerprint density at radius 1 is 1.43 bits per heavy atom. The van der Waals surface area contributed by atoms with E-state index in [-0.39, 0.29) is 6.03 Å². The number of nitrogens with zero attached hydrogens (tertiary/aromatic N) is 1. The number of aryl methyl sites for hydroxylation is 1. The van der Waals surface area contributed by atoms with Crippen LogP contribution in [0.5, 0.6) is 5.75 Å². The summed E-state index contributed by atoms with van der Waals surface area (Å²) in [5.74, 6) is 0.703. The van der Waals surface area contributed by atoms with Crippen molar-refractivity contribution in [3.8, 4) is 5.75 Å². The molecule has 2 N–H and O–H groups in total. The molecule has 1 aromatic heterocycles. The Morgan fingerprint density at radius 2 is 2.29 bits per heavy atom. The van der Waals surface area contributed by atoms with E-state index in [0.717, 1.165) is 17.1 Å². The molecule has 21 heavy (non-hydrogen) atoms. The lowest BCUT2D eigenvalue weighted by molar-refractivity contribution is 0.252. The standard InChI is InChI=1S/C15H19N3O2S/c1-3-7-16-15(19)18-12-5-4-6-14(8-12)20-9-13-10-21-11(2)17-13/h4-6,8,10H,3,7,9H2,1-2H3,(H2,16,18,19). The molecular weight excluding hydrogens is 286 g/mol. The molecule has 0 fully saturated rings. The van der Waals surface area contributed by atoms with Crippen molar-refractivity contribution >= 4 is 23.1 Å². The molecule has 6 heteroatoms. The number of benzene rings is 1. The number of carbonyl (C=O) groups is 1. The third kappa shape index (κ3) is 5.07. The summed E-state index contributed by atoms with van der Waals surface area (Å²) in [5.41, 5.74) is 1.62. The molecule has 0 atom stereocenters. The Bertz CT molecular complexity index is 598. The molecule has 0 bridgehead atoms. The molecule has 0 aliphatic carbocycles. The van der Waals surface area contributed by atoms with Gasteiger partial charge in [0.2, 0.25) is 0 Å². The summed E-state index contributed by atoms with van der Waals surface area (Å²) in [5, 5.41) is 8.54. The highest BCUT2D eigenvalue weighted by molar-refractivity contribution is 7.09. The van der Waals surface area contributed by atoms with Crippen LogP contribution in [0.25, 0.3) is 0 Å². The minimum atomic E-state index is -0.205. The smallest absolute Gasteiger partial charge is 0.319 e. The third-order valence-corrected chi connectivity index (χ3v) is 3.50. The van der Waals surface area contributed by atoms with Crippen LogP contribution < -0.4 is 15.4 Å². The highest BCUT2D eigenvalue weighted by Gasteiger charge is 2.03. The van der Waals surface area contributed by atoms with E-state index in [1.807, 2.05) is 37.4 Å². The Morgan fingerprint density at radius 3 is 3.00 bits per heavy atom. The van der Waals surface area contributed by atoms with Gasteiger partial charge in [0.1, 0.15) is 12.4 Å². The predicted molar refractivity (Wildman–Crippen MR) is 84.9 cm³/mol. The van der Waals surface area contributed by atoms with Gasteiger partial charge in [-0.3, -0.25) is 0 Å². The first-order valence-electron chi connectivity index (χ1n) is 6.86. The lowest BCUT2D eigenvalue weighted by atomic mass is 10.3. The number of aromatic nitrogens is 1. The average Bonchev–Trinajstić information content (AvgIpc) is 2.89. The maximum atomic E-state index is 11.6. The van der Waals surface area contributed by atoms with E-state index >= 15 is 0 Å². The van der Waals surface area contributed by atoms with Gasteiger partial charge >= 0.3 is 6.03 Å². The molecule has 0 unspecified atom stereocenters. The summed E-state index contributed by atoms with van der Waals surface area (Å²) in [7, 11) is 0. The summed E-state index contributed by atoms with van der Waals surface area (Å²) in [6.45, 7) is 5.06. The second kappa shape index (κ2) is 7.64. The number of ether oxygens (including phenoxy) is 1. The normalized spacial score (nSPS) is 10.2. The minimum absolute atomic E-state index is 0.205. The van der Waals surface area contributed by atoms with Gasteiger partial charge in [-0.2, -0.15) is 0 Å². The fourth-order valence-corrected chi connectivity index (χ4v) is 2.31. The number of hydrogen-bond acceptors (Lipinski definition) is 4. The maximum Gasteiger partial charge on any atom is 0.319 e. The maximum absolute atomic E-state index is 11.6. The minimum Gasteiger partial charge on any atom is -0.487 e. The molecule has 0 aliphatic rings. The molecule has 2 aromatic rings. The van der Waals surface area contributed by atoms with Gasteiger partial charge in [-0.05, 0) is 25.5 Å². The van der Waals surface area contributed by atoms with Crippen LogP contribution in [0.3, 0.4) is 0 Å². The highest BCUT2D eigenvalue weighted by atomic mass is 32.1. The van der Waals surface area contributed by atoms with Crippen molar-refractivity contribution in [2.75, 3.05) is 11.9 Å². The number of carbonyl (C=O) groups excluding carboxylic acids is 1. The van der Waals surface area contributed by atoms with E-state index in [1.165, 1.54) is 0 Å². The van der Waals surface area contributed by atoms with Crippen molar-refractivity contribution < 1.29 is 9.53 Å². The topological polar surface area (TPSA) is 63.2 Å². The van der Waals surface area contributed by atoms with Gasteiger partial charge in [0.15, 0.2) is 0 Å². The number of amides is 2. The number of urea groups is 1. The SMILES string of the molecule is CCCNC(=O)Nc1cccc(OCc2csc(C)n2)c1. The second-order valence-corrected chi connectivity index (χ2v) is 5.62. The molecule has 1 heterocycles. The fraction of sp³-hybridized carbons (Fsp3) is 0.333. The molecule has 112 valence electrons. The fourth-order valence-electron chi connectivity index (χ4n) is 1.71. The lowest BCUT2D eigenvalue weighted by Gasteiger charge is -2.09. The van der Waals surface area contributed by atoms with E-state index in [0.29, 0.717) is 24.6 Å². The van der Waals surface area contributed by atoms with Crippen LogP contribution in [0.2, 0.25) is 0 Å². The first-order valence-corrected chi connectivity index (χ1v) is 7.74. The van der Waals surface area contributed by atoms with E-state index in [4.69, 9.17) is 4.74 Å². The lowest BCUT2D eigenvalue weighted by Crippen LogP contribution is -2.29. The van der Waals surface area contributed by atoms with Crippen LogP contribution in [-0.4, -0.2) is 17.6 Å². The first kappa shape index (κ1) is 15.3.